The number of rotatable bonds is 4. The second-order valence-corrected chi connectivity index (χ2v) is 9.30. The summed E-state index contributed by atoms with van der Waals surface area (Å²) in [5.74, 6) is 0.380. The maximum atomic E-state index is 13.3. The number of imidazole rings is 1. The third kappa shape index (κ3) is 3.32. The summed E-state index contributed by atoms with van der Waals surface area (Å²) in [6, 6.07) is 3.20. The van der Waals surface area contributed by atoms with Crippen LogP contribution in [0.25, 0.3) is 11.2 Å². The summed E-state index contributed by atoms with van der Waals surface area (Å²) < 4.78 is 2.28. The van der Waals surface area contributed by atoms with Crippen molar-refractivity contribution < 1.29 is 9.59 Å². The molecule has 1 saturated carbocycles. The number of hydrogen-bond acceptors (Lipinski definition) is 7. The van der Waals surface area contributed by atoms with Gasteiger partial charge in [-0.1, -0.05) is 13.0 Å². The van der Waals surface area contributed by atoms with Gasteiger partial charge in [0, 0.05) is 6.04 Å². The van der Waals surface area contributed by atoms with E-state index in [9.17, 15) is 9.59 Å². The number of aryl methyl sites for hydroxylation is 1. The molecule has 1 aliphatic carbocycles. The molecular formula is C20H21BrN8O2. The molecule has 31 heavy (non-hydrogen) atoms. The first kappa shape index (κ1) is 19.9. The lowest BCUT2D eigenvalue weighted by Gasteiger charge is -2.27. The zero-order valence-electron chi connectivity index (χ0n) is 17.0. The number of nitrogen functional groups attached to an aromatic ring is 1. The highest BCUT2D eigenvalue weighted by Crippen LogP contribution is 2.59. The molecule has 1 unspecified atom stereocenters. The lowest BCUT2D eigenvalue weighted by molar-refractivity contribution is -0.138. The van der Waals surface area contributed by atoms with Crippen LogP contribution >= 0.6 is 15.9 Å². The van der Waals surface area contributed by atoms with Crippen molar-refractivity contribution in [2.45, 2.75) is 45.3 Å². The quantitative estimate of drug-likeness (QED) is 0.540. The number of likely N-dealkylation sites (tertiary alicyclic amines) is 1. The third-order valence-electron chi connectivity index (χ3n) is 6.27. The summed E-state index contributed by atoms with van der Waals surface area (Å²) in [5.41, 5.74) is 7.62. The number of carbonyl (C=O) groups is 2. The Hall–Kier alpha value is -3.08. The van der Waals surface area contributed by atoms with E-state index < -0.39 is 6.04 Å². The number of hydrogen-bond donors (Lipinski definition) is 2. The molecule has 10 nitrogen and oxygen atoms in total. The number of aromatic nitrogens is 5. The third-order valence-corrected chi connectivity index (χ3v) is 6.71. The van der Waals surface area contributed by atoms with Crippen LogP contribution in [0, 0.1) is 12.3 Å². The maximum Gasteiger partial charge on any atom is 0.248 e. The molecule has 1 saturated heterocycles. The normalized spacial score (nSPS) is 24.3. The van der Waals surface area contributed by atoms with Crippen LogP contribution in [0.4, 0.5) is 11.6 Å². The SMILES string of the molecule is Cc1ccc(Br)nc1NC(=O)C1C[C@@]2(C)C[C@@H]2N1C(=O)Cn1cnc2c(N)ncnc21. The van der Waals surface area contributed by atoms with E-state index in [0.29, 0.717) is 28.0 Å². The second-order valence-electron chi connectivity index (χ2n) is 8.49. The van der Waals surface area contributed by atoms with E-state index in [4.69, 9.17) is 5.73 Å². The Morgan fingerprint density at radius 1 is 1.29 bits per heavy atom. The summed E-state index contributed by atoms with van der Waals surface area (Å²) >= 11 is 3.33. The van der Waals surface area contributed by atoms with Gasteiger partial charge in [-0.25, -0.2) is 19.9 Å². The van der Waals surface area contributed by atoms with E-state index >= 15 is 0 Å². The summed E-state index contributed by atoms with van der Waals surface area (Å²) in [5, 5.41) is 2.90. The highest BCUT2D eigenvalue weighted by atomic mass is 79.9. The number of pyridine rings is 1. The monoisotopic (exact) mass is 484 g/mol. The van der Waals surface area contributed by atoms with Crippen molar-refractivity contribution in [3.8, 4) is 0 Å². The molecule has 5 rings (SSSR count). The molecular weight excluding hydrogens is 464 g/mol. The fraction of sp³-hybridized carbons (Fsp3) is 0.400. The highest BCUT2D eigenvalue weighted by Gasteiger charge is 2.64. The van der Waals surface area contributed by atoms with Crippen LogP contribution in [0.1, 0.15) is 25.3 Å². The molecule has 3 aromatic heterocycles. The predicted octanol–water partition coefficient (Wildman–Crippen LogP) is 1.89. The number of nitrogens with zero attached hydrogens (tertiary/aromatic N) is 6. The van der Waals surface area contributed by atoms with Crippen molar-refractivity contribution in [2.24, 2.45) is 5.41 Å². The van der Waals surface area contributed by atoms with Gasteiger partial charge >= 0.3 is 0 Å². The number of piperidine rings is 1. The predicted molar refractivity (Wildman–Crippen MR) is 117 cm³/mol. The molecule has 160 valence electrons. The van der Waals surface area contributed by atoms with Gasteiger partial charge in [0.25, 0.3) is 0 Å². The van der Waals surface area contributed by atoms with Gasteiger partial charge in [-0.05, 0) is 52.7 Å². The Morgan fingerprint density at radius 3 is 2.90 bits per heavy atom. The molecule has 4 heterocycles. The standard InChI is InChI=1S/C20H21BrN8O2/c1-10-3-4-13(21)26-17(10)27-19(31)11-5-20(2)6-12(20)29(11)14(30)7-28-9-25-15-16(22)23-8-24-18(15)28/h3-4,8-9,11-12H,5-7H2,1-2H3,(H2,22,23,24)(H,26,27,31)/t11?,12-,20-/m0/s1. The Kier molecular flexibility index (Phi) is 4.47. The lowest BCUT2D eigenvalue weighted by atomic mass is 10.0. The van der Waals surface area contributed by atoms with Gasteiger partial charge < -0.3 is 20.5 Å². The van der Waals surface area contributed by atoms with Gasteiger partial charge in [0.15, 0.2) is 11.5 Å². The highest BCUT2D eigenvalue weighted by molar-refractivity contribution is 9.10. The van der Waals surface area contributed by atoms with E-state index in [-0.39, 0.29) is 35.6 Å². The van der Waals surface area contributed by atoms with Crippen molar-refractivity contribution >= 4 is 50.5 Å². The van der Waals surface area contributed by atoms with Gasteiger partial charge in [0.2, 0.25) is 11.8 Å². The molecule has 2 amide bonds. The van der Waals surface area contributed by atoms with E-state index in [1.165, 1.54) is 12.7 Å². The zero-order chi connectivity index (χ0) is 21.9. The smallest absolute Gasteiger partial charge is 0.248 e. The summed E-state index contributed by atoms with van der Waals surface area (Å²) in [4.78, 5) is 44.9. The van der Waals surface area contributed by atoms with Gasteiger partial charge in [0.05, 0.1) is 6.33 Å². The van der Waals surface area contributed by atoms with Crippen LogP contribution in [0.5, 0.6) is 0 Å². The van der Waals surface area contributed by atoms with E-state index in [2.05, 4.69) is 48.1 Å². The first-order valence-corrected chi connectivity index (χ1v) is 10.7. The number of halogens is 1. The summed E-state index contributed by atoms with van der Waals surface area (Å²) in [7, 11) is 0. The molecule has 2 fully saturated rings. The molecule has 0 bridgehead atoms. The average molecular weight is 485 g/mol. The van der Waals surface area contributed by atoms with Crippen LogP contribution in [-0.2, 0) is 16.1 Å². The number of amides is 2. The maximum absolute atomic E-state index is 13.3. The minimum atomic E-state index is -0.550. The largest absolute Gasteiger partial charge is 0.382 e. The molecule has 3 N–H and O–H groups in total. The minimum Gasteiger partial charge on any atom is -0.382 e. The van der Waals surface area contributed by atoms with Crippen molar-refractivity contribution in [1.29, 1.82) is 0 Å². The van der Waals surface area contributed by atoms with Crippen LogP contribution in [0.15, 0.2) is 29.4 Å². The number of anilines is 2. The number of carbonyl (C=O) groups excluding carboxylic acids is 2. The van der Waals surface area contributed by atoms with Gasteiger partial charge in [-0.2, -0.15) is 0 Å². The number of nitrogens with one attached hydrogen (secondary N) is 1. The zero-order valence-corrected chi connectivity index (χ0v) is 18.6. The fourth-order valence-corrected chi connectivity index (χ4v) is 4.74. The molecule has 2 aliphatic rings. The Balaban J connectivity index is 1.39. The van der Waals surface area contributed by atoms with E-state index in [0.717, 1.165) is 12.0 Å². The molecule has 3 atom stereocenters. The Bertz CT molecular complexity index is 1230. The van der Waals surface area contributed by atoms with Crippen LogP contribution < -0.4 is 11.1 Å². The van der Waals surface area contributed by atoms with Crippen LogP contribution in [0.3, 0.4) is 0 Å². The first-order chi connectivity index (χ1) is 14.8. The molecule has 3 aromatic rings. The summed E-state index contributed by atoms with van der Waals surface area (Å²) in [6.45, 7) is 4.02. The van der Waals surface area contributed by atoms with Gasteiger partial charge in [-0.15, -0.1) is 0 Å². The average Bonchev–Trinajstić information content (AvgIpc) is 3.06. The molecule has 0 aromatic carbocycles. The van der Waals surface area contributed by atoms with Crippen molar-refractivity contribution in [1.82, 2.24) is 29.4 Å². The van der Waals surface area contributed by atoms with Crippen LogP contribution in [0.2, 0.25) is 0 Å². The van der Waals surface area contributed by atoms with Crippen molar-refractivity contribution in [3.05, 3.63) is 35.0 Å². The number of nitrogens with two attached hydrogens (primary N) is 1. The minimum absolute atomic E-state index is 0.0253. The molecule has 1 aliphatic heterocycles. The molecule has 11 heteroatoms. The summed E-state index contributed by atoms with van der Waals surface area (Å²) in [6.07, 6.45) is 4.40. The van der Waals surface area contributed by atoms with E-state index in [1.807, 2.05) is 19.1 Å². The lowest BCUT2D eigenvalue weighted by Crippen LogP contribution is -2.46. The van der Waals surface area contributed by atoms with Crippen molar-refractivity contribution in [2.75, 3.05) is 11.1 Å². The van der Waals surface area contributed by atoms with Crippen molar-refractivity contribution in [3.63, 3.8) is 0 Å². The Labute approximate surface area is 186 Å². The van der Waals surface area contributed by atoms with E-state index in [1.54, 1.807) is 9.47 Å². The molecule has 0 radical (unpaired) electrons. The fourth-order valence-electron chi connectivity index (χ4n) is 4.43. The van der Waals surface area contributed by atoms with Crippen LogP contribution in [-0.4, -0.2) is 53.3 Å². The molecule has 0 spiro atoms. The topological polar surface area (TPSA) is 132 Å². The van der Waals surface area contributed by atoms with Gasteiger partial charge in [0.1, 0.15) is 34.9 Å². The second kappa shape index (κ2) is 6.98. The first-order valence-electron chi connectivity index (χ1n) is 9.93. The van der Waals surface area contributed by atoms with Gasteiger partial charge in [-0.3, -0.25) is 9.59 Å². The Morgan fingerprint density at radius 2 is 2.10 bits per heavy atom. The number of fused-ring (bicyclic) bond motifs is 2.